The maximum Gasteiger partial charge on any atom is 0.274 e. The molecule has 3 aromatic carbocycles. The molecule has 2 amide bonds. The number of nitrogens with zero attached hydrogens (tertiary/aromatic N) is 1. The molecule has 0 unspecified atom stereocenters. The minimum atomic E-state index is -0.493. The summed E-state index contributed by atoms with van der Waals surface area (Å²) in [6.45, 7) is 0. The van der Waals surface area contributed by atoms with Crippen LogP contribution < -0.4 is 15.8 Å². The Labute approximate surface area is 179 Å². The number of anilines is 1. The predicted molar refractivity (Wildman–Crippen MR) is 119 cm³/mol. The molecule has 1 heterocycles. The number of nitrogens with one attached hydrogen (secondary N) is 1. The van der Waals surface area contributed by atoms with Crippen molar-refractivity contribution in [3.63, 3.8) is 0 Å². The third-order valence-corrected chi connectivity index (χ3v) is 4.54. The van der Waals surface area contributed by atoms with E-state index in [-0.39, 0.29) is 11.6 Å². The number of benzene rings is 3. The fraction of sp³-hybridized carbons (Fsp3) is 0. The summed E-state index contributed by atoms with van der Waals surface area (Å²) in [7, 11) is 0. The van der Waals surface area contributed by atoms with Crippen LogP contribution >= 0.6 is 0 Å². The summed E-state index contributed by atoms with van der Waals surface area (Å²) in [5.41, 5.74) is 7.99. The van der Waals surface area contributed by atoms with Crippen molar-refractivity contribution in [3.05, 3.63) is 108 Å². The fourth-order valence-electron chi connectivity index (χ4n) is 2.95. The van der Waals surface area contributed by atoms with Crippen molar-refractivity contribution in [2.24, 2.45) is 5.73 Å². The predicted octanol–water partition coefficient (Wildman–Crippen LogP) is 4.89. The van der Waals surface area contributed by atoms with Gasteiger partial charge in [-0.25, -0.2) is 4.98 Å². The third-order valence-electron chi connectivity index (χ3n) is 4.54. The number of para-hydroxylation sites is 1. The number of ether oxygens (including phenoxy) is 1. The molecule has 0 saturated heterocycles. The molecule has 6 heteroatoms. The van der Waals surface area contributed by atoms with Gasteiger partial charge in [-0.1, -0.05) is 36.4 Å². The molecule has 1 aromatic heterocycles. The molecule has 152 valence electrons. The molecule has 4 aromatic rings. The second-order valence-electron chi connectivity index (χ2n) is 6.74. The van der Waals surface area contributed by atoms with Crippen LogP contribution in [-0.4, -0.2) is 16.8 Å². The Hall–Kier alpha value is -4.45. The Balaban J connectivity index is 1.45. The molecule has 6 nitrogen and oxygen atoms in total. The van der Waals surface area contributed by atoms with Crippen LogP contribution in [0.1, 0.15) is 20.8 Å². The summed E-state index contributed by atoms with van der Waals surface area (Å²) in [5.74, 6) is 0.591. The van der Waals surface area contributed by atoms with Crippen molar-refractivity contribution in [3.8, 4) is 22.8 Å². The quantitative estimate of drug-likeness (QED) is 0.474. The van der Waals surface area contributed by atoms with Crippen molar-refractivity contribution in [1.82, 2.24) is 4.98 Å². The second-order valence-corrected chi connectivity index (χ2v) is 6.74. The van der Waals surface area contributed by atoms with E-state index in [0.717, 1.165) is 11.3 Å². The summed E-state index contributed by atoms with van der Waals surface area (Å²) in [6.07, 6.45) is 0. The van der Waals surface area contributed by atoms with Crippen LogP contribution in [0.25, 0.3) is 11.3 Å². The Kier molecular flexibility index (Phi) is 5.71. The highest BCUT2D eigenvalue weighted by Crippen LogP contribution is 2.23. The molecule has 0 spiro atoms. The summed E-state index contributed by atoms with van der Waals surface area (Å²) < 4.78 is 5.76. The van der Waals surface area contributed by atoms with Crippen LogP contribution in [-0.2, 0) is 0 Å². The molecule has 0 bridgehead atoms. The number of hydrogen-bond acceptors (Lipinski definition) is 4. The molecule has 0 saturated carbocycles. The largest absolute Gasteiger partial charge is 0.457 e. The van der Waals surface area contributed by atoms with Crippen molar-refractivity contribution in [1.29, 1.82) is 0 Å². The number of nitrogens with two attached hydrogens (primary N) is 1. The zero-order valence-electron chi connectivity index (χ0n) is 16.5. The SMILES string of the molecule is NC(=O)c1ccc(-c2cccc(C(=O)Nc3ccc(Oc4ccccc4)cc3)n2)cc1. The number of carbonyl (C=O) groups excluding carboxylic acids is 2. The summed E-state index contributed by atoms with van der Waals surface area (Å²) >= 11 is 0. The van der Waals surface area contributed by atoms with Crippen molar-refractivity contribution in [2.75, 3.05) is 5.32 Å². The van der Waals surface area contributed by atoms with Crippen molar-refractivity contribution < 1.29 is 14.3 Å². The highest BCUT2D eigenvalue weighted by Gasteiger charge is 2.10. The Bertz CT molecular complexity index is 1200. The first-order chi connectivity index (χ1) is 15.1. The molecule has 0 aliphatic rings. The minimum absolute atomic E-state index is 0.279. The molecular formula is C25H19N3O3. The number of hydrogen-bond donors (Lipinski definition) is 2. The molecule has 31 heavy (non-hydrogen) atoms. The number of pyridine rings is 1. The van der Waals surface area contributed by atoms with E-state index in [1.54, 1.807) is 66.7 Å². The van der Waals surface area contributed by atoms with Gasteiger partial charge in [0.05, 0.1) is 5.69 Å². The standard InChI is InChI=1S/C25H19N3O3/c26-24(29)18-11-9-17(10-12-18)22-7-4-8-23(28-22)25(30)27-19-13-15-21(16-14-19)31-20-5-2-1-3-6-20/h1-16H,(H2,26,29)(H,27,30). The van der Waals surface area contributed by atoms with Gasteiger partial charge in [0.1, 0.15) is 17.2 Å². The first-order valence-corrected chi connectivity index (χ1v) is 9.60. The number of aromatic nitrogens is 1. The number of carbonyl (C=O) groups is 2. The van der Waals surface area contributed by atoms with E-state index in [4.69, 9.17) is 10.5 Å². The normalized spacial score (nSPS) is 10.3. The van der Waals surface area contributed by atoms with Gasteiger partial charge in [-0.3, -0.25) is 9.59 Å². The lowest BCUT2D eigenvalue weighted by atomic mass is 10.1. The van der Waals surface area contributed by atoms with Gasteiger partial charge < -0.3 is 15.8 Å². The van der Waals surface area contributed by atoms with Crippen LogP contribution in [0.5, 0.6) is 11.5 Å². The van der Waals surface area contributed by atoms with Crippen LogP contribution in [0, 0.1) is 0 Å². The van der Waals surface area contributed by atoms with Gasteiger partial charge in [-0.15, -0.1) is 0 Å². The maximum absolute atomic E-state index is 12.7. The van der Waals surface area contributed by atoms with Crippen molar-refractivity contribution >= 4 is 17.5 Å². The van der Waals surface area contributed by atoms with E-state index in [1.807, 2.05) is 30.3 Å². The number of amides is 2. The van der Waals surface area contributed by atoms with Gasteiger partial charge in [-0.2, -0.15) is 0 Å². The van der Waals surface area contributed by atoms with Crippen molar-refractivity contribution in [2.45, 2.75) is 0 Å². The van der Waals surface area contributed by atoms with Gasteiger partial charge >= 0.3 is 0 Å². The van der Waals surface area contributed by atoms with E-state index < -0.39 is 5.91 Å². The Morgan fingerprint density at radius 1 is 0.742 bits per heavy atom. The van der Waals surface area contributed by atoms with E-state index in [2.05, 4.69) is 10.3 Å². The zero-order valence-corrected chi connectivity index (χ0v) is 16.5. The van der Waals surface area contributed by atoms with Gasteiger partial charge in [-0.05, 0) is 60.7 Å². The molecule has 0 aliphatic heterocycles. The first kappa shape index (κ1) is 19.8. The molecule has 3 N–H and O–H groups in total. The highest BCUT2D eigenvalue weighted by atomic mass is 16.5. The average Bonchev–Trinajstić information content (AvgIpc) is 2.81. The average molecular weight is 409 g/mol. The summed E-state index contributed by atoms with van der Waals surface area (Å²) in [5, 5.41) is 2.83. The van der Waals surface area contributed by atoms with Gasteiger partial charge in [0, 0.05) is 16.8 Å². The topological polar surface area (TPSA) is 94.3 Å². The fourth-order valence-corrected chi connectivity index (χ4v) is 2.95. The molecule has 0 radical (unpaired) electrons. The minimum Gasteiger partial charge on any atom is -0.457 e. The Morgan fingerprint density at radius 2 is 1.42 bits per heavy atom. The van der Waals surface area contributed by atoms with Crippen LogP contribution in [0.4, 0.5) is 5.69 Å². The molecule has 0 fully saturated rings. The van der Waals surface area contributed by atoms with E-state index in [1.165, 1.54) is 0 Å². The number of rotatable bonds is 6. The van der Waals surface area contributed by atoms with Gasteiger partial charge in [0.2, 0.25) is 5.91 Å². The third kappa shape index (κ3) is 4.94. The second kappa shape index (κ2) is 8.92. The highest BCUT2D eigenvalue weighted by molar-refractivity contribution is 6.03. The monoisotopic (exact) mass is 409 g/mol. The smallest absolute Gasteiger partial charge is 0.274 e. The van der Waals surface area contributed by atoms with Crippen LogP contribution in [0.15, 0.2) is 97.1 Å². The summed E-state index contributed by atoms with van der Waals surface area (Å²) in [4.78, 5) is 28.3. The number of primary amides is 1. The van der Waals surface area contributed by atoms with Gasteiger partial charge in [0.25, 0.3) is 5.91 Å². The molecule has 0 aliphatic carbocycles. The Morgan fingerprint density at radius 3 is 2.10 bits per heavy atom. The van der Waals surface area contributed by atoms with E-state index >= 15 is 0 Å². The van der Waals surface area contributed by atoms with Gasteiger partial charge in [0.15, 0.2) is 0 Å². The van der Waals surface area contributed by atoms with E-state index in [9.17, 15) is 9.59 Å². The summed E-state index contributed by atoms with van der Waals surface area (Å²) in [6, 6.07) is 28.5. The van der Waals surface area contributed by atoms with Crippen LogP contribution in [0.2, 0.25) is 0 Å². The lowest BCUT2D eigenvalue weighted by molar-refractivity contribution is 0.0997. The lowest BCUT2D eigenvalue weighted by Gasteiger charge is -2.09. The zero-order chi connectivity index (χ0) is 21.6. The maximum atomic E-state index is 12.7. The van der Waals surface area contributed by atoms with E-state index in [0.29, 0.717) is 22.7 Å². The lowest BCUT2D eigenvalue weighted by Crippen LogP contribution is -2.13. The molecular weight excluding hydrogens is 390 g/mol. The molecule has 4 rings (SSSR count). The molecule has 0 atom stereocenters. The van der Waals surface area contributed by atoms with Crippen LogP contribution in [0.3, 0.4) is 0 Å². The first-order valence-electron chi connectivity index (χ1n) is 9.60.